The first-order valence-corrected chi connectivity index (χ1v) is 9.36. The molecular formula is C23H21N3O3. The lowest BCUT2D eigenvalue weighted by atomic mass is 10.2. The van der Waals surface area contributed by atoms with Gasteiger partial charge in [0.2, 0.25) is 5.88 Å². The van der Waals surface area contributed by atoms with E-state index in [1.54, 1.807) is 23.2 Å². The zero-order valence-electron chi connectivity index (χ0n) is 15.8. The van der Waals surface area contributed by atoms with E-state index in [-0.39, 0.29) is 5.91 Å². The summed E-state index contributed by atoms with van der Waals surface area (Å²) < 4.78 is 12.9. The lowest BCUT2D eigenvalue weighted by molar-refractivity contribution is 0.0943. The Hall–Kier alpha value is -3.80. The van der Waals surface area contributed by atoms with Crippen molar-refractivity contribution in [3.05, 3.63) is 108 Å². The molecule has 0 aliphatic heterocycles. The van der Waals surface area contributed by atoms with Crippen molar-refractivity contribution in [2.45, 2.75) is 19.7 Å². The summed E-state index contributed by atoms with van der Waals surface area (Å²) in [5.74, 6) is 0.729. The van der Waals surface area contributed by atoms with E-state index in [9.17, 15) is 4.79 Å². The molecule has 0 bridgehead atoms. The molecule has 1 N–H and O–H groups in total. The average molecular weight is 387 g/mol. The van der Waals surface area contributed by atoms with Crippen LogP contribution in [0.2, 0.25) is 0 Å². The number of hydrogen-bond acceptors (Lipinski definition) is 4. The van der Waals surface area contributed by atoms with E-state index >= 15 is 0 Å². The van der Waals surface area contributed by atoms with Crippen molar-refractivity contribution >= 4 is 5.91 Å². The standard InChI is InChI=1S/C23H21N3O3/c27-22(24-14-20-12-7-13-28-20)21-16-26(15-18-8-3-1-4-9-18)25-23(21)29-17-19-10-5-2-6-11-19/h1-13,16H,14-15,17H2,(H,24,27). The highest BCUT2D eigenvalue weighted by molar-refractivity contribution is 5.96. The Labute approximate surface area is 168 Å². The van der Waals surface area contributed by atoms with Gasteiger partial charge in [-0.15, -0.1) is 5.10 Å². The van der Waals surface area contributed by atoms with Crippen molar-refractivity contribution in [3.8, 4) is 5.88 Å². The first-order chi connectivity index (χ1) is 14.3. The molecule has 0 aliphatic rings. The molecule has 1 amide bonds. The highest BCUT2D eigenvalue weighted by atomic mass is 16.5. The summed E-state index contributed by atoms with van der Waals surface area (Å²) in [5.41, 5.74) is 2.49. The summed E-state index contributed by atoms with van der Waals surface area (Å²) in [6.07, 6.45) is 3.29. The molecule has 2 aromatic carbocycles. The number of nitrogens with one attached hydrogen (secondary N) is 1. The second kappa shape index (κ2) is 8.93. The first-order valence-electron chi connectivity index (χ1n) is 9.36. The SMILES string of the molecule is O=C(NCc1ccco1)c1cn(Cc2ccccc2)nc1OCc1ccccc1. The summed E-state index contributed by atoms with van der Waals surface area (Å²) in [6.45, 7) is 1.18. The van der Waals surface area contributed by atoms with Crippen LogP contribution in [0.5, 0.6) is 5.88 Å². The summed E-state index contributed by atoms with van der Waals surface area (Å²) in [5, 5.41) is 7.35. The molecule has 2 heterocycles. The Morgan fingerprint density at radius 2 is 1.69 bits per heavy atom. The molecule has 0 saturated carbocycles. The Morgan fingerprint density at radius 1 is 0.966 bits per heavy atom. The molecule has 0 unspecified atom stereocenters. The van der Waals surface area contributed by atoms with Gasteiger partial charge in [0.05, 0.1) is 19.4 Å². The first kappa shape index (κ1) is 18.6. The third-order valence-electron chi connectivity index (χ3n) is 4.38. The number of carbonyl (C=O) groups excluding carboxylic acids is 1. The monoisotopic (exact) mass is 387 g/mol. The van der Waals surface area contributed by atoms with Crippen LogP contribution in [-0.2, 0) is 19.7 Å². The predicted octanol–water partition coefficient (Wildman–Crippen LogP) is 4.03. The molecule has 146 valence electrons. The molecule has 0 atom stereocenters. The maximum atomic E-state index is 12.8. The van der Waals surface area contributed by atoms with E-state index in [4.69, 9.17) is 9.15 Å². The molecule has 4 rings (SSSR count). The fourth-order valence-electron chi connectivity index (χ4n) is 2.92. The number of furan rings is 1. The van der Waals surface area contributed by atoms with Gasteiger partial charge in [-0.1, -0.05) is 60.7 Å². The molecule has 0 spiro atoms. The minimum Gasteiger partial charge on any atom is -0.471 e. The van der Waals surface area contributed by atoms with Crippen LogP contribution < -0.4 is 10.1 Å². The van der Waals surface area contributed by atoms with E-state index in [1.165, 1.54) is 0 Å². The van der Waals surface area contributed by atoms with Crippen molar-refractivity contribution in [1.29, 1.82) is 0 Å². The molecule has 0 aliphatic carbocycles. The molecule has 6 nitrogen and oxygen atoms in total. The quantitative estimate of drug-likeness (QED) is 0.496. The molecule has 2 aromatic heterocycles. The summed E-state index contributed by atoms with van der Waals surface area (Å²) >= 11 is 0. The van der Waals surface area contributed by atoms with E-state index in [2.05, 4.69) is 10.4 Å². The van der Waals surface area contributed by atoms with Crippen LogP contribution >= 0.6 is 0 Å². The Morgan fingerprint density at radius 3 is 2.38 bits per heavy atom. The van der Waals surface area contributed by atoms with Gasteiger partial charge >= 0.3 is 0 Å². The average Bonchev–Trinajstić information content (AvgIpc) is 3.42. The van der Waals surface area contributed by atoms with Gasteiger partial charge in [-0.05, 0) is 23.3 Å². The van der Waals surface area contributed by atoms with E-state index < -0.39 is 0 Å². The lowest BCUT2D eigenvalue weighted by Gasteiger charge is -2.06. The second-order valence-electron chi connectivity index (χ2n) is 6.57. The normalized spacial score (nSPS) is 10.6. The Bertz CT molecular complexity index is 1040. The van der Waals surface area contributed by atoms with Gasteiger partial charge in [-0.2, -0.15) is 0 Å². The number of carbonyl (C=O) groups is 1. The van der Waals surface area contributed by atoms with Gasteiger partial charge < -0.3 is 14.5 Å². The largest absolute Gasteiger partial charge is 0.471 e. The van der Waals surface area contributed by atoms with E-state index in [1.807, 2.05) is 66.7 Å². The third-order valence-corrected chi connectivity index (χ3v) is 4.38. The van der Waals surface area contributed by atoms with Crippen LogP contribution in [0.4, 0.5) is 0 Å². The second-order valence-corrected chi connectivity index (χ2v) is 6.57. The van der Waals surface area contributed by atoms with Crippen molar-refractivity contribution in [2.75, 3.05) is 0 Å². The number of hydrogen-bond donors (Lipinski definition) is 1. The van der Waals surface area contributed by atoms with E-state index in [0.717, 1.165) is 11.1 Å². The van der Waals surface area contributed by atoms with Crippen molar-refractivity contribution in [3.63, 3.8) is 0 Å². The number of ether oxygens (including phenoxy) is 1. The number of aromatic nitrogens is 2. The van der Waals surface area contributed by atoms with Gasteiger partial charge in [0, 0.05) is 6.20 Å². The lowest BCUT2D eigenvalue weighted by Crippen LogP contribution is -2.22. The van der Waals surface area contributed by atoms with Gasteiger partial charge in [0.15, 0.2) is 0 Å². The molecule has 0 radical (unpaired) electrons. The van der Waals surface area contributed by atoms with Crippen LogP contribution in [0.15, 0.2) is 89.7 Å². The minimum absolute atomic E-state index is 0.260. The smallest absolute Gasteiger partial charge is 0.258 e. The van der Waals surface area contributed by atoms with Crippen LogP contribution in [0.1, 0.15) is 27.2 Å². The third kappa shape index (κ3) is 4.93. The minimum atomic E-state index is -0.260. The number of nitrogens with zero attached hydrogens (tertiary/aromatic N) is 2. The van der Waals surface area contributed by atoms with Gasteiger partial charge in [0.25, 0.3) is 5.91 Å². The molecule has 4 aromatic rings. The van der Waals surface area contributed by atoms with Gasteiger partial charge in [0.1, 0.15) is 17.9 Å². The Kier molecular flexibility index (Phi) is 5.71. The van der Waals surface area contributed by atoms with Gasteiger partial charge in [-0.25, -0.2) is 0 Å². The highest BCUT2D eigenvalue weighted by Crippen LogP contribution is 2.19. The topological polar surface area (TPSA) is 69.3 Å². The fourth-order valence-corrected chi connectivity index (χ4v) is 2.92. The van der Waals surface area contributed by atoms with Crippen LogP contribution in [0.3, 0.4) is 0 Å². The van der Waals surface area contributed by atoms with Crippen molar-refractivity contribution in [2.24, 2.45) is 0 Å². The summed E-state index contributed by atoms with van der Waals surface area (Å²) in [4.78, 5) is 12.8. The molecule has 6 heteroatoms. The highest BCUT2D eigenvalue weighted by Gasteiger charge is 2.18. The number of amides is 1. The summed E-state index contributed by atoms with van der Waals surface area (Å²) in [6, 6.07) is 23.3. The van der Waals surface area contributed by atoms with Crippen molar-refractivity contribution < 1.29 is 13.9 Å². The van der Waals surface area contributed by atoms with Crippen LogP contribution in [-0.4, -0.2) is 15.7 Å². The number of rotatable bonds is 8. The van der Waals surface area contributed by atoms with Crippen LogP contribution in [0.25, 0.3) is 0 Å². The fraction of sp³-hybridized carbons (Fsp3) is 0.130. The molecule has 0 fully saturated rings. The van der Waals surface area contributed by atoms with E-state index in [0.29, 0.717) is 36.9 Å². The zero-order valence-corrected chi connectivity index (χ0v) is 15.8. The van der Waals surface area contributed by atoms with Gasteiger partial charge in [-0.3, -0.25) is 9.48 Å². The maximum absolute atomic E-state index is 12.8. The predicted molar refractivity (Wildman–Crippen MR) is 108 cm³/mol. The zero-order chi connectivity index (χ0) is 19.9. The van der Waals surface area contributed by atoms with Crippen molar-refractivity contribution in [1.82, 2.24) is 15.1 Å². The molecule has 29 heavy (non-hydrogen) atoms. The molecular weight excluding hydrogens is 366 g/mol. The maximum Gasteiger partial charge on any atom is 0.258 e. The molecule has 0 saturated heterocycles. The van der Waals surface area contributed by atoms with Crippen LogP contribution in [0, 0.1) is 0 Å². The Balaban J connectivity index is 1.52. The summed E-state index contributed by atoms with van der Waals surface area (Å²) in [7, 11) is 0. The number of benzene rings is 2.